The number of nitrogens with zero attached hydrogens (tertiary/aromatic N) is 2. The number of likely N-dealkylation sites (N-methyl/N-ethyl adjacent to an activating group) is 1. The van der Waals surface area contributed by atoms with Crippen LogP contribution in [-0.2, 0) is 16.2 Å². The van der Waals surface area contributed by atoms with Crippen molar-refractivity contribution < 1.29 is 23.9 Å². The van der Waals surface area contributed by atoms with Gasteiger partial charge in [0, 0.05) is 13.5 Å². The van der Waals surface area contributed by atoms with Gasteiger partial charge in [-0.15, -0.1) is 0 Å². The van der Waals surface area contributed by atoms with E-state index in [1.807, 2.05) is 122 Å². The lowest BCUT2D eigenvalue weighted by molar-refractivity contribution is -0.131. The number of amides is 3. The van der Waals surface area contributed by atoms with E-state index in [2.05, 4.69) is 5.48 Å². The summed E-state index contributed by atoms with van der Waals surface area (Å²) in [5.74, 6) is 1.74. The molecule has 3 amide bonds. The molecule has 0 bridgehead atoms. The summed E-state index contributed by atoms with van der Waals surface area (Å²) in [4.78, 5) is 35.7. The molecule has 0 radical (unpaired) electrons. The van der Waals surface area contributed by atoms with Gasteiger partial charge in [-0.25, -0.2) is 4.79 Å². The zero-order chi connectivity index (χ0) is 29.3. The zero-order valence-electron chi connectivity index (χ0n) is 23.8. The molecular formula is C34H35N3O5. The number of carbonyl (C=O) groups is 2. The van der Waals surface area contributed by atoms with E-state index < -0.39 is 6.04 Å². The van der Waals surface area contributed by atoms with Gasteiger partial charge in [0.2, 0.25) is 5.91 Å². The second-order valence-electron chi connectivity index (χ2n) is 10.2. The van der Waals surface area contributed by atoms with Gasteiger partial charge in [-0.2, -0.15) is 5.48 Å². The maximum absolute atomic E-state index is 13.7. The molecule has 3 atom stereocenters. The highest BCUT2D eigenvalue weighted by molar-refractivity contribution is 5.97. The van der Waals surface area contributed by atoms with Gasteiger partial charge in [0.1, 0.15) is 23.9 Å². The number of hydrogen-bond donors (Lipinski definition) is 1. The SMILES string of the molecule is C[C@H]1[C@@H](c2ccccc2)N(C(=O)C[C@@H](COc2ccc(Oc3ccccc3)cc2)NOCc2ccccc2)C(=O)N1C. The first-order chi connectivity index (χ1) is 20.5. The van der Waals surface area contributed by atoms with Crippen LogP contribution in [0.25, 0.3) is 0 Å². The Hall–Kier alpha value is -4.66. The third-order valence-corrected chi connectivity index (χ3v) is 7.27. The van der Waals surface area contributed by atoms with E-state index in [1.54, 1.807) is 11.9 Å². The molecule has 1 N–H and O–H groups in total. The topological polar surface area (TPSA) is 80.3 Å². The standard InChI is InChI=1S/C34H35N3O5/c1-25-33(27-14-8-4-9-15-27)37(34(39)36(25)2)32(38)22-28(35-41-23-26-12-6-3-7-13-26)24-40-29-18-20-31(21-19-29)42-30-16-10-5-11-17-30/h3-21,25,28,33,35H,22-24H2,1-2H3/t25-,28-,33-/m0/s1. The van der Waals surface area contributed by atoms with E-state index in [0.29, 0.717) is 18.1 Å². The molecule has 1 saturated heterocycles. The average Bonchev–Trinajstić information content (AvgIpc) is 3.25. The van der Waals surface area contributed by atoms with Crippen molar-refractivity contribution in [2.75, 3.05) is 13.7 Å². The summed E-state index contributed by atoms with van der Waals surface area (Å²) in [6.07, 6.45) is -0.000372. The van der Waals surface area contributed by atoms with Crippen LogP contribution < -0.4 is 15.0 Å². The van der Waals surface area contributed by atoms with Gasteiger partial charge in [-0.3, -0.25) is 14.5 Å². The minimum absolute atomic E-state index is 0.000372. The zero-order valence-corrected chi connectivity index (χ0v) is 23.8. The maximum Gasteiger partial charge on any atom is 0.327 e. The van der Waals surface area contributed by atoms with Gasteiger partial charge in [0.15, 0.2) is 0 Å². The number of carbonyl (C=O) groups excluding carboxylic acids is 2. The average molecular weight is 566 g/mol. The Morgan fingerprint density at radius 1 is 0.810 bits per heavy atom. The van der Waals surface area contributed by atoms with Crippen LogP contribution >= 0.6 is 0 Å². The normalized spacial score (nSPS) is 17.2. The minimum Gasteiger partial charge on any atom is -0.492 e. The van der Waals surface area contributed by atoms with E-state index >= 15 is 0 Å². The Labute approximate surface area is 246 Å². The van der Waals surface area contributed by atoms with Crippen molar-refractivity contribution in [2.45, 2.75) is 38.1 Å². The number of hydrogen-bond acceptors (Lipinski definition) is 6. The minimum atomic E-state index is -0.521. The molecule has 1 aliphatic rings. The highest BCUT2D eigenvalue weighted by Crippen LogP contribution is 2.35. The molecule has 1 aliphatic heterocycles. The van der Waals surface area contributed by atoms with Gasteiger partial charge in [-0.1, -0.05) is 78.9 Å². The third kappa shape index (κ3) is 7.15. The number of para-hydroxylation sites is 1. The first kappa shape index (κ1) is 28.9. The fourth-order valence-corrected chi connectivity index (χ4v) is 4.92. The van der Waals surface area contributed by atoms with E-state index in [-0.39, 0.29) is 37.0 Å². The molecule has 8 heteroatoms. The molecule has 216 valence electrons. The van der Waals surface area contributed by atoms with Crippen LogP contribution in [0.2, 0.25) is 0 Å². The quantitative estimate of drug-likeness (QED) is 0.201. The van der Waals surface area contributed by atoms with Gasteiger partial charge in [-0.05, 0) is 54.4 Å². The number of nitrogens with one attached hydrogen (secondary N) is 1. The van der Waals surface area contributed by atoms with Crippen molar-refractivity contribution in [1.82, 2.24) is 15.3 Å². The van der Waals surface area contributed by atoms with Gasteiger partial charge < -0.3 is 14.4 Å². The summed E-state index contributed by atoms with van der Waals surface area (Å²) >= 11 is 0. The molecule has 4 aromatic rings. The fourth-order valence-electron chi connectivity index (χ4n) is 4.92. The first-order valence-corrected chi connectivity index (χ1v) is 14.0. The van der Waals surface area contributed by atoms with Crippen molar-refractivity contribution in [3.8, 4) is 17.2 Å². The maximum atomic E-state index is 13.7. The summed E-state index contributed by atoms with van der Waals surface area (Å²) in [6.45, 7) is 2.41. The van der Waals surface area contributed by atoms with Gasteiger partial charge in [0.25, 0.3) is 0 Å². The predicted octanol–water partition coefficient (Wildman–Crippen LogP) is 6.36. The van der Waals surface area contributed by atoms with Crippen LogP contribution in [0, 0.1) is 0 Å². The van der Waals surface area contributed by atoms with Crippen LogP contribution in [0.5, 0.6) is 17.2 Å². The third-order valence-electron chi connectivity index (χ3n) is 7.27. The molecule has 0 aliphatic carbocycles. The Morgan fingerprint density at radius 2 is 1.38 bits per heavy atom. The smallest absolute Gasteiger partial charge is 0.327 e. The molecule has 0 unspecified atom stereocenters. The van der Waals surface area contributed by atoms with E-state index in [0.717, 1.165) is 16.9 Å². The Bertz CT molecular complexity index is 1430. The van der Waals surface area contributed by atoms with Crippen LogP contribution in [0.1, 0.15) is 30.5 Å². The van der Waals surface area contributed by atoms with Crippen LogP contribution in [0.4, 0.5) is 4.79 Å². The summed E-state index contributed by atoms with van der Waals surface area (Å²) in [5, 5.41) is 0. The van der Waals surface area contributed by atoms with E-state index in [1.165, 1.54) is 4.90 Å². The first-order valence-electron chi connectivity index (χ1n) is 14.0. The number of hydroxylamine groups is 1. The predicted molar refractivity (Wildman–Crippen MR) is 160 cm³/mol. The molecule has 1 heterocycles. The van der Waals surface area contributed by atoms with Crippen LogP contribution in [0.3, 0.4) is 0 Å². The van der Waals surface area contributed by atoms with Crippen LogP contribution in [-0.4, -0.2) is 47.5 Å². The Morgan fingerprint density at radius 3 is 2.05 bits per heavy atom. The van der Waals surface area contributed by atoms with Crippen molar-refractivity contribution in [2.24, 2.45) is 0 Å². The molecule has 42 heavy (non-hydrogen) atoms. The number of ether oxygens (including phenoxy) is 2. The molecule has 1 fully saturated rings. The lowest BCUT2D eigenvalue weighted by atomic mass is 10.00. The molecule has 4 aromatic carbocycles. The van der Waals surface area contributed by atoms with Crippen molar-refractivity contribution >= 4 is 11.9 Å². The van der Waals surface area contributed by atoms with E-state index in [9.17, 15) is 9.59 Å². The summed E-state index contributed by atoms with van der Waals surface area (Å²) in [5.41, 5.74) is 4.90. The number of imide groups is 1. The fraction of sp³-hybridized carbons (Fsp3) is 0.235. The van der Waals surface area contributed by atoms with E-state index in [4.69, 9.17) is 14.3 Å². The van der Waals surface area contributed by atoms with Crippen molar-refractivity contribution in [1.29, 1.82) is 0 Å². The molecule has 0 spiro atoms. The Balaban J connectivity index is 1.26. The molecule has 8 nitrogen and oxygen atoms in total. The van der Waals surface area contributed by atoms with Crippen molar-refractivity contribution in [3.05, 3.63) is 126 Å². The lowest BCUT2D eigenvalue weighted by Crippen LogP contribution is -2.43. The highest BCUT2D eigenvalue weighted by Gasteiger charge is 2.45. The van der Waals surface area contributed by atoms with Crippen LogP contribution in [0.15, 0.2) is 115 Å². The van der Waals surface area contributed by atoms with Gasteiger partial charge in [0.05, 0.1) is 24.7 Å². The number of urea groups is 1. The molecule has 0 aromatic heterocycles. The second-order valence-corrected chi connectivity index (χ2v) is 10.2. The summed E-state index contributed by atoms with van der Waals surface area (Å²) < 4.78 is 11.9. The Kier molecular flexibility index (Phi) is 9.48. The van der Waals surface area contributed by atoms with Gasteiger partial charge >= 0.3 is 6.03 Å². The van der Waals surface area contributed by atoms with Crippen molar-refractivity contribution in [3.63, 3.8) is 0 Å². The molecular weight excluding hydrogens is 530 g/mol. The number of rotatable bonds is 12. The molecule has 0 saturated carbocycles. The summed E-state index contributed by atoms with van der Waals surface area (Å²) in [7, 11) is 1.73. The number of benzene rings is 4. The largest absolute Gasteiger partial charge is 0.492 e. The highest BCUT2D eigenvalue weighted by atomic mass is 16.6. The summed E-state index contributed by atoms with van der Waals surface area (Å²) in [6, 6.07) is 34.8. The monoisotopic (exact) mass is 565 g/mol. The molecule has 5 rings (SSSR count). The second kappa shape index (κ2) is 13.8. The lowest BCUT2D eigenvalue weighted by Gasteiger charge is -2.26.